The second kappa shape index (κ2) is 15.8. The van der Waals surface area contributed by atoms with E-state index in [0.717, 1.165) is 58.0 Å². The average Bonchev–Trinajstić information content (AvgIpc) is 3.69. The Balaban J connectivity index is 1.17. The van der Waals surface area contributed by atoms with Crippen molar-refractivity contribution >= 4 is 68.6 Å². The van der Waals surface area contributed by atoms with Crippen LogP contribution < -0.4 is 21.1 Å². The van der Waals surface area contributed by atoms with Gasteiger partial charge in [0.25, 0.3) is 0 Å². The number of aryl methyl sites for hydroxylation is 2. The highest BCUT2D eigenvalue weighted by Crippen LogP contribution is 2.54. The molecular formula is C68H74BN2O. The van der Waals surface area contributed by atoms with Gasteiger partial charge < -0.3 is 14.6 Å². The van der Waals surface area contributed by atoms with Crippen LogP contribution in [0.5, 0.6) is 0 Å². The van der Waals surface area contributed by atoms with Gasteiger partial charge in [-0.2, -0.15) is 0 Å². The van der Waals surface area contributed by atoms with E-state index in [1.807, 2.05) is 0 Å². The molecule has 7 aromatic carbocycles. The van der Waals surface area contributed by atoms with Crippen molar-refractivity contribution in [1.29, 1.82) is 0 Å². The van der Waals surface area contributed by atoms with Crippen molar-refractivity contribution in [3.05, 3.63) is 160 Å². The quantitative estimate of drug-likeness (QED) is 0.174. The minimum Gasteiger partial charge on any atom is -0.456 e. The van der Waals surface area contributed by atoms with Gasteiger partial charge in [0, 0.05) is 44.8 Å². The molecule has 1 N–H and O–H groups in total. The Hall–Kier alpha value is -6.00. The first-order valence-electron chi connectivity index (χ1n) is 27.0. The van der Waals surface area contributed by atoms with Gasteiger partial charge >= 0.3 is 0 Å². The van der Waals surface area contributed by atoms with Crippen LogP contribution in [0, 0.1) is 13.8 Å². The molecule has 2 heterocycles. The van der Waals surface area contributed by atoms with E-state index in [9.17, 15) is 0 Å². The predicted octanol–water partition coefficient (Wildman–Crippen LogP) is 17.8. The maximum Gasteiger partial charge on any atom is 0.198 e. The molecule has 12 rings (SSSR count). The van der Waals surface area contributed by atoms with Crippen LogP contribution in [0.1, 0.15) is 166 Å². The molecule has 0 atom stereocenters. The summed E-state index contributed by atoms with van der Waals surface area (Å²) in [7, 11) is 2.48. The number of fused-ring (bicyclic) bond motifs is 8. The van der Waals surface area contributed by atoms with Crippen LogP contribution in [-0.2, 0) is 32.5 Å². The van der Waals surface area contributed by atoms with Crippen molar-refractivity contribution in [2.24, 2.45) is 0 Å². The monoisotopic (exact) mass is 946 g/mol. The van der Waals surface area contributed by atoms with Crippen LogP contribution in [0.25, 0.3) is 44.2 Å². The minimum atomic E-state index is 0.00329. The minimum absolute atomic E-state index is 0.00329. The van der Waals surface area contributed by atoms with E-state index >= 15 is 0 Å². The maximum atomic E-state index is 6.71. The van der Waals surface area contributed by atoms with Crippen molar-refractivity contribution in [2.45, 2.75) is 168 Å². The molecule has 0 fully saturated rings. The molecule has 0 saturated carbocycles. The highest BCUT2D eigenvalue weighted by molar-refractivity contribution is 6.73. The van der Waals surface area contributed by atoms with E-state index in [2.05, 4.69) is 230 Å². The number of anilines is 5. The fourth-order valence-corrected chi connectivity index (χ4v) is 13.6. The second-order valence-corrected chi connectivity index (χ2v) is 26.6. The lowest BCUT2D eigenvalue weighted by Gasteiger charge is -2.44. The van der Waals surface area contributed by atoms with Crippen LogP contribution in [0.15, 0.2) is 120 Å². The molecule has 0 spiro atoms. The van der Waals surface area contributed by atoms with Crippen molar-refractivity contribution in [3.8, 4) is 22.3 Å². The summed E-state index contributed by atoms with van der Waals surface area (Å²) in [4.78, 5) is 2.64. The lowest BCUT2D eigenvalue weighted by molar-refractivity contribution is 0.332. The van der Waals surface area contributed by atoms with Crippen LogP contribution >= 0.6 is 0 Å². The summed E-state index contributed by atoms with van der Waals surface area (Å²) in [5.74, 6) is 0. The molecule has 1 radical (unpaired) electrons. The van der Waals surface area contributed by atoms with Gasteiger partial charge in [0.1, 0.15) is 11.2 Å². The molecule has 365 valence electrons. The van der Waals surface area contributed by atoms with Crippen molar-refractivity contribution < 1.29 is 4.42 Å². The third kappa shape index (κ3) is 7.34. The van der Waals surface area contributed by atoms with E-state index < -0.39 is 0 Å². The molecule has 3 nitrogen and oxygen atoms in total. The summed E-state index contributed by atoms with van der Waals surface area (Å²) >= 11 is 0. The Bertz CT molecular complexity index is 3570. The van der Waals surface area contributed by atoms with Gasteiger partial charge in [-0.15, -0.1) is 0 Å². The number of nitrogens with zero attached hydrogens (tertiary/aromatic N) is 1. The molecule has 0 saturated heterocycles. The fourth-order valence-electron chi connectivity index (χ4n) is 13.6. The van der Waals surface area contributed by atoms with Gasteiger partial charge in [-0.1, -0.05) is 143 Å². The first kappa shape index (κ1) is 47.0. The Kier molecular flexibility index (Phi) is 10.3. The Morgan fingerprint density at radius 2 is 1.00 bits per heavy atom. The van der Waals surface area contributed by atoms with E-state index in [0.29, 0.717) is 0 Å². The van der Waals surface area contributed by atoms with Gasteiger partial charge in [-0.05, 0) is 212 Å². The standard InChI is InChI=1S/C68H74BN2O/c1-40-19-15-16-20-44(40)42-32-48(46-35-52-53(67(11,12)29-28-66(52,9)10)37-56(46)70-43-23-24-49-51(34-43)65(7,8)26-25-63(49,3)4)62-59(33-42)71(57-38-54-50(31-41(57)2)64(5,6)27-30-68(54,13)14)58-36-47-45-21-17-18-22-60(45)72-61(47)39-55(58)69-62/h15-24,31-39,70H,25-30H2,1-14H3. The van der Waals surface area contributed by atoms with Gasteiger partial charge in [-0.25, -0.2) is 0 Å². The summed E-state index contributed by atoms with van der Waals surface area (Å²) in [5, 5.41) is 6.48. The molecule has 3 aliphatic carbocycles. The molecule has 0 unspecified atom stereocenters. The molecule has 0 bridgehead atoms. The molecule has 8 aromatic rings. The Morgan fingerprint density at radius 3 is 1.67 bits per heavy atom. The lowest BCUT2D eigenvalue weighted by Crippen LogP contribution is -2.41. The third-order valence-electron chi connectivity index (χ3n) is 18.7. The van der Waals surface area contributed by atoms with Crippen molar-refractivity contribution in [2.75, 3.05) is 10.2 Å². The topological polar surface area (TPSA) is 28.4 Å². The normalized spacial score (nSPS) is 19.4. The molecule has 0 amide bonds. The first-order valence-corrected chi connectivity index (χ1v) is 27.0. The highest BCUT2D eigenvalue weighted by Gasteiger charge is 2.42. The number of benzene rings is 7. The zero-order valence-electron chi connectivity index (χ0n) is 45.6. The molecule has 4 aliphatic rings. The van der Waals surface area contributed by atoms with Crippen LogP contribution in [0.3, 0.4) is 0 Å². The number of para-hydroxylation sites is 1. The lowest BCUT2D eigenvalue weighted by atomic mass is 9.57. The first-order chi connectivity index (χ1) is 33.9. The SMILES string of the molecule is Cc1ccccc1-c1cc(-c2cc3c(cc2Nc2ccc4c(c2)C(C)(C)CCC4(C)C)C(C)(C)CCC3(C)C)c2c(c1)N(c1cc3c(cc1C)C(C)(C)CCC3(C)C)c1cc3c(cc1[B]2)oc1ccccc13. The Morgan fingerprint density at radius 1 is 0.431 bits per heavy atom. The highest BCUT2D eigenvalue weighted by atomic mass is 16.3. The van der Waals surface area contributed by atoms with Gasteiger partial charge in [0.2, 0.25) is 0 Å². The van der Waals surface area contributed by atoms with Crippen molar-refractivity contribution in [1.82, 2.24) is 0 Å². The van der Waals surface area contributed by atoms with Gasteiger partial charge in [-0.3, -0.25) is 0 Å². The summed E-state index contributed by atoms with van der Waals surface area (Å²) in [6.07, 6.45) is 6.99. The van der Waals surface area contributed by atoms with E-state index in [-0.39, 0.29) is 32.5 Å². The number of hydrogen-bond acceptors (Lipinski definition) is 3. The third-order valence-corrected chi connectivity index (χ3v) is 18.7. The summed E-state index contributed by atoms with van der Waals surface area (Å²) < 4.78 is 6.71. The molecule has 1 aliphatic heterocycles. The predicted molar refractivity (Wildman–Crippen MR) is 309 cm³/mol. The molecule has 4 heteroatoms. The average molecular weight is 946 g/mol. The van der Waals surface area contributed by atoms with E-state index in [1.165, 1.54) is 109 Å². The van der Waals surface area contributed by atoms with Crippen LogP contribution in [0.4, 0.5) is 28.4 Å². The van der Waals surface area contributed by atoms with E-state index in [1.54, 1.807) is 0 Å². The van der Waals surface area contributed by atoms with Crippen LogP contribution in [-0.4, -0.2) is 7.28 Å². The smallest absolute Gasteiger partial charge is 0.198 e. The number of furan rings is 1. The van der Waals surface area contributed by atoms with E-state index in [4.69, 9.17) is 4.42 Å². The molecular weight excluding hydrogens is 872 g/mol. The van der Waals surface area contributed by atoms with Gasteiger partial charge in [0.15, 0.2) is 7.28 Å². The maximum absolute atomic E-state index is 6.71. The largest absolute Gasteiger partial charge is 0.456 e. The Labute approximate surface area is 431 Å². The zero-order valence-corrected chi connectivity index (χ0v) is 45.6. The van der Waals surface area contributed by atoms with Crippen molar-refractivity contribution in [3.63, 3.8) is 0 Å². The number of rotatable bonds is 5. The second-order valence-electron chi connectivity index (χ2n) is 26.6. The summed E-state index contributed by atoms with van der Waals surface area (Å²) in [6.45, 7) is 34.0. The van der Waals surface area contributed by atoms with Gasteiger partial charge in [0.05, 0.1) is 0 Å². The molecule has 72 heavy (non-hydrogen) atoms. The molecule has 1 aromatic heterocycles. The number of nitrogens with one attached hydrogen (secondary N) is 1. The zero-order chi connectivity index (χ0) is 50.7. The fraction of sp³-hybridized carbons (Fsp3) is 0.382. The summed E-state index contributed by atoms with van der Waals surface area (Å²) in [5.41, 5.74) is 26.8. The summed E-state index contributed by atoms with van der Waals surface area (Å²) in [6, 6.07) is 44.8. The number of hydrogen-bond donors (Lipinski definition) is 1. The van der Waals surface area contributed by atoms with Crippen LogP contribution in [0.2, 0.25) is 0 Å².